The van der Waals surface area contributed by atoms with Crippen LogP contribution in [0.15, 0.2) is 29.1 Å². The van der Waals surface area contributed by atoms with Gasteiger partial charge >= 0.3 is 0 Å². The Morgan fingerprint density at radius 3 is 3.00 bits per heavy atom. The van der Waals surface area contributed by atoms with E-state index in [4.69, 9.17) is 0 Å². The summed E-state index contributed by atoms with van der Waals surface area (Å²) in [5.41, 5.74) is 1.61. The van der Waals surface area contributed by atoms with E-state index in [1.807, 2.05) is 16.8 Å². The molecule has 3 aromatic rings. The number of anilines is 1. The molecule has 0 aliphatic rings. The molecule has 0 saturated carbocycles. The Bertz CT molecular complexity index is 829. The quantitative estimate of drug-likeness (QED) is 0.775. The summed E-state index contributed by atoms with van der Waals surface area (Å²) in [6.07, 6.45) is -0.556. The lowest BCUT2D eigenvalue weighted by molar-refractivity contribution is -0.116. The van der Waals surface area contributed by atoms with Crippen LogP contribution in [0.5, 0.6) is 0 Å². The van der Waals surface area contributed by atoms with Gasteiger partial charge in [0.2, 0.25) is 5.91 Å². The highest BCUT2D eigenvalue weighted by atomic mass is 32.1. The topological polar surface area (TPSA) is 59.8 Å². The fourth-order valence-electron chi connectivity index (χ4n) is 2.26. The van der Waals surface area contributed by atoms with Gasteiger partial charge in [-0.2, -0.15) is 16.4 Å². The van der Waals surface area contributed by atoms with Crippen LogP contribution in [0.2, 0.25) is 0 Å². The number of aromatic nitrogens is 3. The second kappa shape index (κ2) is 6.41. The van der Waals surface area contributed by atoms with Crippen LogP contribution in [0, 0.1) is 0 Å². The number of thiophene rings is 1. The fraction of sp³-hybridized carbons (Fsp3) is 0.267. The molecule has 0 aromatic carbocycles. The fourth-order valence-corrected chi connectivity index (χ4v) is 2.96. The molecule has 5 nitrogen and oxygen atoms in total. The molecule has 3 aromatic heterocycles. The number of hydrogen-bond donors (Lipinski definition) is 1. The van der Waals surface area contributed by atoms with E-state index in [0.29, 0.717) is 17.5 Å². The Labute approximate surface area is 135 Å². The Morgan fingerprint density at radius 2 is 2.30 bits per heavy atom. The molecule has 0 fully saturated rings. The zero-order valence-electron chi connectivity index (χ0n) is 12.3. The summed E-state index contributed by atoms with van der Waals surface area (Å²) in [7, 11) is 1.69. The van der Waals surface area contributed by atoms with Crippen LogP contribution in [0.3, 0.4) is 0 Å². The van der Waals surface area contributed by atoms with Crippen molar-refractivity contribution in [3.8, 4) is 0 Å². The first-order valence-electron chi connectivity index (χ1n) is 6.96. The SMILES string of the molecule is Cn1ncc2nc(C(F)F)c(NC(=O)CCc3ccsc3)cc21. The minimum atomic E-state index is -2.77. The summed E-state index contributed by atoms with van der Waals surface area (Å²) in [5, 5.41) is 10.4. The second-order valence-electron chi connectivity index (χ2n) is 5.07. The van der Waals surface area contributed by atoms with Crippen molar-refractivity contribution in [3.63, 3.8) is 0 Å². The van der Waals surface area contributed by atoms with Gasteiger partial charge in [-0.1, -0.05) is 0 Å². The molecule has 0 aliphatic heterocycles. The van der Waals surface area contributed by atoms with Gasteiger partial charge in [-0.05, 0) is 34.9 Å². The molecule has 3 heterocycles. The third kappa shape index (κ3) is 3.37. The first-order valence-corrected chi connectivity index (χ1v) is 7.90. The summed E-state index contributed by atoms with van der Waals surface area (Å²) in [4.78, 5) is 16.0. The minimum Gasteiger partial charge on any atom is -0.324 e. The lowest BCUT2D eigenvalue weighted by Gasteiger charge is -2.10. The average molecular weight is 336 g/mol. The molecule has 23 heavy (non-hydrogen) atoms. The van der Waals surface area contributed by atoms with Gasteiger partial charge in [-0.3, -0.25) is 9.48 Å². The molecule has 0 bridgehead atoms. The molecular formula is C15H14F2N4OS. The van der Waals surface area contributed by atoms with Crippen LogP contribution in [-0.2, 0) is 18.3 Å². The molecule has 0 spiro atoms. The highest BCUT2D eigenvalue weighted by molar-refractivity contribution is 7.07. The maximum absolute atomic E-state index is 13.2. The van der Waals surface area contributed by atoms with E-state index in [1.165, 1.54) is 16.9 Å². The smallest absolute Gasteiger partial charge is 0.282 e. The maximum atomic E-state index is 13.2. The molecule has 1 amide bonds. The van der Waals surface area contributed by atoms with Crippen LogP contribution in [-0.4, -0.2) is 20.7 Å². The number of carbonyl (C=O) groups is 1. The number of aryl methyl sites for hydroxylation is 2. The number of nitrogens with one attached hydrogen (secondary N) is 1. The summed E-state index contributed by atoms with van der Waals surface area (Å²) in [6, 6.07) is 3.42. The number of amides is 1. The van der Waals surface area contributed by atoms with Crippen LogP contribution in [0.4, 0.5) is 14.5 Å². The first kappa shape index (κ1) is 15.5. The maximum Gasteiger partial charge on any atom is 0.282 e. The highest BCUT2D eigenvalue weighted by Crippen LogP contribution is 2.28. The zero-order valence-corrected chi connectivity index (χ0v) is 13.1. The predicted molar refractivity (Wildman–Crippen MR) is 84.7 cm³/mol. The Kier molecular flexibility index (Phi) is 4.33. The highest BCUT2D eigenvalue weighted by Gasteiger charge is 2.19. The third-order valence-electron chi connectivity index (χ3n) is 3.46. The number of halogens is 2. The second-order valence-corrected chi connectivity index (χ2v) is 5.85. The number of rotatable bonds is 5. The van der Waals surface area contributed by atoms with E-state index < -0.39 is 12.1 Å². The van der Waals surface area contributed by atoms with Crippen molar-refractivity contribution in [3.05, 3.63) is 40.3 Å². The summed E-state index contributed by atoms with van der Waals surface area (Å²) in [6.45, 7) is 0. The predicted octanol–water partition coefficient (Wildman–Crippen LogP) is 3.54. The monoisotopic (exact) mass is 336 g/mol. The van der Waals surface area contributed by atoms with Gasteiger partial charge in [0, 0.05) is 13.5 Å². The first-order chi connectivity index (χ1) is 11.0. The van der Waals surface area contributed by atoms with Gasteiger partial charge in [0.15, 0.2) is 0 Å². The van der Waals surface area contributed by atoms with E-state index in [2.05, 4.69) is 15.4 Å². The Balaban J connectivity index is 1.81. The normalized spacial score (nSPS) is 11.3. The number of hydrogen-bond acceptors (Lipinski definition) is 4. The standard InChI is InChI=1S/C15H14F2N4OS/c1-21-12-6-10(14(15(16)17)20-11(12)7-18-21)19-13(22)3-2-9-4-5-23-8-9/h4-8,15H,2-3H2,1H3,(H,19,22). The largest absolute Gasteiger partial charge is 0.324 e. The number of pyridine rings is 1. The Morgan fingerprint density at radius 1 is 1.48 bits per heavy atom. The zero-order chi connectivity index (χ0) is 16.4. The molecule has 120 valence electrons. The molecule has 0 unspecified atom stereocenters. The average Bonchev–Trinajstić information content (AvgIpc) is 3.15. The van der Waals surface area contributed by atoms with Crippen LogP contribution in [0.25, 0.3) is 11.0 Å². The number of nitrogens with zero attached hydrogens (tertiary/aromatic N) is 3. The minimum absolute atomic E-state index is 0.0337. The van der Waals surface area contributed by atoms with E-state index in [-0.39, 0.29) is 18.0 Å². The number of fused-ring (bicyclic) bond motifs is 1. The molecule has 3 rings (SSSR count). The van der Waals surface area contributed by atoms with E-state index >= 15 is 0 Å². The van der Waals surface area contributed by atoms with Crippen molar-refractivity contribution < 1.29 is 13.6 Å². The van der Waals surface area contributed by atoms with E-state index in [0.717, 1.165) is 5.56 Å². The van der Waals surface area contributed by atoms with E-state index in [1.54, 1.807) is 18.4 Å². The lowest BCUT2D eigenvalue weighted by Crippen LogP contribution is -2.14. The van der Waals surface area contributed by atoms with Gasteiger partial charge < -0.3 is 5.32 Å². The van der Waals surface area contributed by atoms with Gasteiger partial charge in [-0.15, -0.1) is 0 Å². The summed E-state index contributed by atoms with van der Waals surface area (Å²) >= 11 is 1.56. The van der Waals surface area contributed by atoms with Gasteiger partial charge in [0.05, 0.1) is 17.4 Å². The van der Waals surface area contributed by atoms with Crippen molar-refractivity contribution in [2.24, 2.45) is 7.05 Å². The van der Waals surface area contributed by atoms with Gasteiger partial charge in [0.1, 0.15) is 11.2 Å². The van der Waals surface area contributed by atoms with E-state index in [9.17, 15) is 13.6 Å². The molecule has 0 aliphatic carbocycles. The van der Waals surface area contributed by atoms with Crippen molar-refractivity contribution in [2.45, 2.75) is 19.3 Å². The Hall–Kier alpha value is -2.35. The van der Waals surface area contributed by atoms with Gasteiger partial charge in [-0.25, -0.2) is 13.8 Å². The third-order valence-corrected chi connectivity index (χ3v) is 4.20. The molecular weight excluding hydrogens is 322 g/mol. The molecule has 1 N–H and O–H groups in total. The number of alkyl halides is 2. The molecule has 0 radical (unpaired) electrons. The van der Waals surface area contributed by atoms with Crippen LogP contribution in [0.1, 0.15) is 24.1 Å². The van der Waals surface area contributed by atoms with Gasteiger partial charge in [0.25, 0.3) is 6.43 Å². The molecule has 8 heteroatoms. The number of carbonyl (C=O) groups excluding carboxylic acids is 1. The summed E-state index contributed by atoms with van der Waals surface area (Å²) in [5.74, 6) is -0.318. The lowest BCUT2D eigenvalue weighted by atomic mass is 10.2. The van der Waals surface area contributed by atoms with Crippen LogP contribution >= 0.6 is 11.3 Å². The van der Waals surface area contributed by atoms with Crippen molar-refractivity contribution >= 4 is 34.0 Å². The van der Waals surface area contributed by atoms with Crippen LogP contribution < -0.4 is 5.32 Å². The van der Waals surface area contributed by atoms with Crippen molar-refractivity contribution in [1.82, 2.24) is 14.8 Å². The molecule has 0 saturated heterocycles. The summed E-state index contributed by atoms with van der Waals surface area (Å²) < 4.78 is 27.9. The van der Waals surface area contributed by atoms with Crippen molar-refractivity contribution in [2.75, 3.05) is 5.32 Å². The molecule has 0 atom stereocenters. The van der Waals surface area contributed by atoms with Crippen molar-refractivity contribution in [1.29, 1.82) is 0 Å².